The monoisotopic (exact) mass is 265 g/mol. The van der Waals surface area contributed by atoms with E-state index in [0.29, 0.717) is 23.8 Å². The summed E-state index contributed by atoms with van der Waals surface area (Å²) >= 11 is 0. The summed E-state index contributed by atoms with van der Waals surface area (Å²) in [6.45, 7) is 0.658. The van der Waals surface area contributed by atoms with Crippen molar-refractivity contribution in [1.82, 2.24) is 0 Å². The standard InChI is InChI=1S/C15H23NO3/c1-17-12-8-11(9-13(18-2)14(12)19-3)15(10-16)6-4-5-7-15/h8-9H,4-7,10,16H2,1-3H3. The highest BCUT2D eigenvalue weighted by atomic mass is 16.5. The molecule has 1 aromatic rings. The topological polar surface area (TPSA) is 53.7 Å². The number of hydrogen-bond acceptors (Lipinski definition) is 4. The molecule has 0 saturated heterocycles. The number of methoxy groups -OCH3 is 3. The van der Waals surface area contributed by atoms with Gasteiger partial charge in [-0.2, -0.15) is 0 Å². The highest BCUT2D eigenvalue weighted by Gasteiger charge is 2.35. The van der Waals surface area contributed by atoms with E-state index in [1.54, 1.807) is 21.3 Å². The van der Waals surface area contributed by atoms with Crippen LogP contribution in [-0.4, -0.2) is 27.9 Å². The minimum Gasteiger partial charge on any atom is -0.493 e. The van der Waals surface area contributed by atoms with Crippen molar-refractivity contribution in [1.29, 1.82) is 0 Å². The lowest BCUT2D eigenvalue weighted by Gasteiger charge is -2.29. The second kappa shape index (κ2) is 5.70. The van der Waals surface area contributed by atoms with Crippen LogP contribution in [-0.2, 0) is 5.41 Å². The van der Waals surface area contributed by atoms with Gasteiger partial charge in [-0.3, -0.25) is 0 Å². The fourth-order valence-corrected chi connectivity index (χ4v) is 3.05. The van der Waals surface area contributed by atoms with E-state index in [-0.39, 0.29) is 5.41 Å². The third-order valence-electron chi connectivity index (χ3n) is 4.23. The Labute approximate surface area is 114 Å². The zero-order valence-electron chi connectivity index (χ0n) is 12.0. The Morgan fingerprint density at radius 2 is 1.53 bits per heavy atom. The molecular formula is C15H23NO3. The predicted molar refractivity (Wildman–Crippen MR) is 75.3 cm³/mol. The summed E-state index contributed by atoms with van der Waals surface area (Å²) in [7, 11) is 4.91. The van der Waals surface area contributed by atoms with Crippen molar-refractivity contribution in [3.05, 3.63) is 17.7 Å². The van der Waals surface area contributed by atoms with Crippen LogP contribution in [0.25, 0.3) is 0 Å². The molecule has 0 aliphatic heterocycles. The normalized spacial score (nSPS) is 17.3. The Balaban J connectivity index is 2.52. The Morgan fingerprint density at radius 1 is 1.00 bits per heavy atom. The van der Waals surface area contributed by atoms with Crippen LogP contribution in [0.3, 0.4) is 0 Å². The average Bonchev–Trinajstić information content (AvgIpc) is 2.95. The molecule has 0 radical (unpaired) electrons. The van der Waals surface area contributed by atoms with E-state index in [1.807, 2.05) is 12.1 Å². The maximum Gasteiger partial charge on any atom is 0.203 e. The molecule has 0 spiro atoms. The fourth-order valence-electron chi connectivity index (χ4n) is 3.05. The van der Waals surface area contributed by atoms with Gasteiger partial charge in [0.25, 0.3) is 0 Å². The van der Waals surface area contributed by atoms with Gasteiger partial charge < -0.3 is 19.9 Å². The first-order chi connectivity index (χ1) is 9.20. The molecule has 106 valence electrons. The molecule has 1 aromatic carbocycles. The quantitative estimate of drug-likeness (QED) is 0.888. The third kappa shape index (κ3) is 2.37. The van der Waals surface area contributed by atoms with Gasteiger partial charge in [-0.1, -0.05) is 12.8 Å². The first-order valence-corrected chi connectivity index (χ1v) is 6.71. The molecule has 0 unspecified atom stereocenters. The van der Waals surface area contributed by atoms with Gasteiger partial charge >= 0.3 is 0 Å². The Kier molecular flexibility index (Phi) is 4.20. The summed E-state index contributed by atoms with van der Waals surface area (Å²) in [6, 6.07) is 4.08. The summed E-state index contributed by atoms with van der Waals surface area (Å²) < 4.78 is 16.2. The lowest BCUT2D eigenvalue weighted by atomic mass is 9.79. The minimum absolute atomic E-state index is 0.0623. The molecule has 4 heteroatoms. The number of nitrogens with two attached hydrogens (primary N) is 1. The maximum absolute atomic E-state index is 6.04. The smallest absolute Gasteiger partial charge is 0.203 e. The fraction of sp³-hybridized carbons (Fsp3) is 0.600. The summed E-state index contributed by atoms with van der Waals surface area (Å²) in [6.07, 6.45) is 4.71. The molecule has 2 rings (SSSR count). The van der Waals surface area contributed by atoms with Crippen molar-refractivity contribution in [2.75, 3.05) is 27.9 Å². The van der Waals surface area contributed by atoms with E-state index in [1.165, 1.54) is 18.4 Å². The molecule has 19 heavy (non-hydrogen) atoms. The predicted octanol–water partition coefficient (Wildman–Crippen LogP) is 2.48. The summed E-state index contributed by atoms with van der Waals surface area (Å²) in [5.41, 5.74) is 7.30. The number of rotatable bonds is 5. The van der Waals surface area contributed by atoms with E-state index in [9.17, 15) is 0 Å². The van der Waals surface area contributed by atoms with Crippen LogP contribution in [0.5, 0.6) is 17.2 Å². The molecule has 1 fully saturated rings. The lowest BCUT2D eigenvalue weighted by molar-refractivity contribution is 0.321. The van der Waals surface area contributed by atoms with Gasteiger partial charge in [-0.15, -0.1) is 0 Å². The van der Waals surface area contributed by atoms with E-state index in [0.717, 1.165) is 12.8 Å². The minimum atomic E-state index is 0.0623. The third-order valence-corrected chi connectivity index (χ3v) is 4.23. The van der Waals surface area contributed by atoms with Crippen LogP contribution in [0.2, 0.25) is 0 Å². The first kappa shape index (κ1) is 14.0. The first-order valence-electron chi connectivity index (χ1n) is 6.71. The van der Waals surface area contributed by atoms with Crippen LogP contribution in [0.1, 0.15) is 31.2 Å². The largest absolute Gasteiger partial charge is 0.493 e. The van der Waals surface area contributed by atoms with Gasteiger partial charge in [0.2, 0.25) is 5.75 Å². The van der Waals surface area contributed by atoms with Crippen molar-refractivity contribution < 1.29 is 14.2 Å². The van der Waals surface area contributed by atoms with Crippen LogP contribution in [0, 0.1) is 0 Å². The van der Waals surface area contributed by atoms with Crippen molar-refractivity contribution >= 4 is 0 Å². The summed E-state index contributed by atoms with van der Waals surface area (Å²) in [4.78, 5) is 0. The molecule has 0 aromatic heterocycles. The van der Waals surface area contributed by atoms with Crippen LogP contribution >= 0.6 is 0 Å². The Morgan fingerprint density at radius 3 is 1.89 bits per heavy atom. The maximum atomic E-state index is 6.04. The van der Waals surface area contributed by atoms with E-state index in [2.05, 4.69) is 0 Å². The summed E-state index contributed by atoms with van der Waals surface area (Å²) in [5, 5.41) is 0. The molecule has 0 atom stereocenters. The van der Waals surface area contributed by atoms with Crippen molar-refractivity contribution in [2.45, 2.75) is 31.1 Å². The van der Waals surface area contributed by atoms with Gasteiger partial charge in [0.05, 0.1) is 21.3 Å². The van der Waals surface area contributed by atoms with E-state index in [4.69, 9.17) is 19.9 Å². The number of ether oxygens (including phenoxy) is 3. The molecule has 1 aliphatic rings. The second-order valence-corrected chi connectivity index (χ2v) is 5.11. The van der Waals surface area contributed by atoms with Crippen molar-refractivity contribution in [2.24, 2.45) is 5.73 Å². The Bertz CT molecular complexity index is 414. The molecule has 1 aliphatic carbocycles. The molecule has 0 heterocycles. The second-order valence-electron chi connectivity index (χ2n) is 5.11. The molecule has 4 nitrogen and oxygen atoms in total. The molecule has 2 N–H and O–H groups in total. The van der Waals surface area contributed by atoms with Gasteiger partial charge in [0, 0.05) is 12.0 Å². The van der Waals surface area contributed by atoms with Crippen LogP contribution < -0.4 is 19.9 Å². The molecule has 0 amide bonds. The lowest BCUT2D eigenvalue weighted by Crippen LogP contribution is -2.32. The summed E-state index contributed by atoms with van der Waals surface area (Å²) in [5.74, 6) is 2.05. The highest BCUT2D eigenvalue weighted by molar-refractivity contribution is 5.55. The van der Waals surface area contributed by atoms with Crippen LogP contribution in [0.4, 0.5) is 0 Å². The average molecular weight is 265 g/mol. The SMILES string of the molecule is COc1cc(C2(CN)CCCC2)cc(OC)c1OC. The van der Waals surface area contributed by atoms with Gasteiger partial charge in [-0.05, 0) is 30.5 Å². The van der Waals surface area contributed by atoms with Gasteiger partial charge in [0.15, 0.2) is 11.5 Å². The molecule has 1 saturated carbocycles. The molecular weight excluding hydrogens is 242 g/mol. The highest BCUT2D eigenvalue weighted by Crippen LogP contribution is 2.46. The Hall–Kier alpha value is -1.42. The number of benzene rings is 1. The zero-order chi connectivity index (χ0) is 13.9. The van der Waals surface area contributed by atoms with Crippen LogP contribution in [0.15, 0.2) is 12.1 Å². The van der Waals surface area contributed by atoms with Gasteiger partial charge in [-0.25, -0.2) is 0 Å². The number of hydrogen-bond donors (Lipinski definition) is 1. The zero-order valence-corrected chi connectivity index (χ0v) is 12.0. The van der Waals surface area contributed by atoms with Crippen molar-refractivity contribution in [3.8, 4) is 17.2 Å². The molecule has 0 bridgehead atoms. The van der Waals surface area contributed by atoms with Crippen molar-refractivity contribution in [3.63, 3.8) is 0 Å². The van der Waals surface area contributed by atoms with E-state index < -0.39 is 0 Å². The van der Waals surface area contributed by atoms with Gasteiger partial charge in [0.1, 0.15) is 0 Å². The van der Waals surface area contributed by atoms with E-state index >= 15 is 0 Å².